The van der Waals surface area contributed by atoms with E-state index < -0.39 is 10.0 Å². The molecule has 5 nitrogen and oxygen atoms in total. The van der Waals surface area contributed by atoms with Crippen LogP contribution < -0.4 is 10.0 Å². The summed E-state index contributed by atoms with van der Waals surface area (Å²) in [5.41, 5.74) is 2.51. The number of nitrogens with one attached hydrogen (secondary N) is 2. The smallest absolute Gasteiger partial charge is 0.233 e. The van der Waals surface area contributed by atoms with E-state index in [2.05, 4.69) is 26.0 Å². The van der Waals surface area contributed by atoms with Crippen LogP contribution >= 0.6 is 15.9 Å². The molecule has 0 aliphatic rings. The van der Waals surface area contributed by atoms with E-state index in [0.717, 1.165) is 21.0 Å². The topological polar surface area (TPSA) is 75.3 Å². The van der Waals surface area contributed by atoms with Gasteiger partial charge >= 0.3 is 0 Å². The monoisotopic (exact) mass is 422 g/mol. The predicted octanol–water partition coefficient (Wildman–Crippen LogP) is 3.68. The molecule has 0 fully saturated rings. The first kappa shape index (κ1) is 19.4. The summed E-state index contributed by atoms with van der Waals surface area (Å²) in [5.74, 6) is -0.265. The molecular formula is C18H19BrN2O3S. The minimum Gasteiger partial charge on any atom is -0.325 e. The van der Waals surface area contributed by atoms with Crippen molar-refractivity contribution in [2.45, 2.75) is 13.3 Å². The summed E-state index contributed by atoms with van der Waals surface area (Å²) in [6.07, 6.45) is 1.55. The van der Waals surface area contributed by atoms with Gasteiger partial charge < -0.3 is 5.32 Å². The lowest BCUT2D eigenvalue weighted by atomic mass is 10.2. The van der Waals surface area contributed by atoms with E-state index in [1.54, 1.807) is 18.2 Å². The summed E-state index contributed by atoms with van der Waals surface area (Å²) >= 11 is 3.38. The summed E-state index contributed by atoms with van der Waals surface area (Å²) in [6, 6.07) is 14.7. The lowest BCUT2D eigenvalue weighted by molar-refractivity contribution is -0.116. The van der Waals surface area contributed by atoms with Gasteiger partial charge in [-0.2, -0.15) is 0 Å². The fourth-order valence-electron chi connectivity index (χ4n) is 2.02. The highest BCUT2D eigenvalue weighted by molar-refractivity contribution is 9.10. The van der Waals surface area contributed by atoms with Crippen molar-refractivity contribution in [1.29, 1.82) is 0 Å². The molecule has 0 saturated heterocycles. The Morgan fingerprint density at radius 1 is 1.16 bits per heavy atom. The average Bonchev–Trinajstić information content (AvgIpc) is 2.56. The van der Waals surface area contributed by atoms with Crippen molar-refractivity contribution in [2.24, 2.45) is 0 Å². The summed E-state index contributed by atoms with van der Waals surface area (Å²) in [5, 5.41) is 3.84. The van der Waals surface area contributed by atoms with Gasteiger partial charge in [0.25, 0.3) is 0 Å². The van der Waals surface area contributed by atoms with E-state index in [0.29, 0.717) is 5.69 Å². The molecule has 2 aromatic carbocycles. The maximum Gasteiger partial charge on any atom is 0.233 e. The number of rotatable bonds is 7. The third kappa shape index (κ3) is 6.81. The van der Waals surface area contributed by atoms with E-state index >= 15 is 0 Å². The van der Waals surface area contributed by atoms with Crippen LogP contribution in [-0.2, 0) is 14.8 Å². The number of aryl methyl sites for hydroxylation is 1. The van der Waals surface area contributed by atoms with Crippen LogP contribution in [0.1, 0.15) is 17.5 Å². The number of amides is 1. The van der Waals surface area contributed by atoms with Crippen molar-refractivity contribution in [3.05, 3.63) is 69.5 Å². The molecule has 7 heteroatoms. The van der Waals surface area contributed by atoms with Gasteiger partial charge in [-0.3, -0.25) is 4.79 Å². The van der Waals surface area contributed by atoms with E-state index in [4.69, 9.17) is 0 Å². The Balaban J connectivity index is 1.82. The number of hydrogen-bond donors (Lipinski definition) is 2. The van der Waals surface area contributed by atoms with Crippen LogP contribution in [0.4, 0.5) is 5.69 Å². The second kappa shape index (κ2) is 8.94. The van der Waals surface area contributed by atoms with Gasteiger partial charge in [0.1, 0.15) is 0 Å². The second-order valence-corrected chi connectivity index (χ2v) is 7.94. The van der Waals surface area contributed by atoms with Gasteiger partial charge in [0.2, 0.25) is 15.9 Å². The zero-order chi connectivity index (χ0) is 18.3. The molecular weight excluding hydrogens is 404 g/mol. The number of halogens is 1. The van der Waals surface area contributed by atoms with E-state index in [1.165, 1.54) is 6.08 Å². The number of carbonyl (C=O) groups excluding carboxylic acids is 1. The molecule has 2 rings (SSSR count). The van der Waals surface area contributed by atoms with Crippen LogP contribution in [0.25, 0.3) is 6.08 Å². The van der Waals surface area contributed by atoms with Crippen LogP contribution in [0, 0.1) is 6.92 Å². The van der Waals surface area contributed by atoms with E-state index in [1.807, 2.05) is 37.3 Å². The Morgan fingerprint density at radius 2 is 1.88 bits per heavy atom. The standard InChI is InChI=1S/C18H19BrN2O3S/c1-14-7-8-17(16(19)13-14)21-18(22)9-11-20-25(23,24)12-10-15-5-3-2-4-6-15/h2-8,10,12-13,20H,9,11H2,1H3,(H,21,22). The van der Waals surface area contributed by atoms with Crippen LogP contribution in [0.15, 0.2) is 58.4 Å². The summed E-state index contributed by atoms with van der Waals surface area (Å²) in [6.45, 7) is 1.98. The van der Waals surface area contributed by atoms with Gasteiger partial charge in [-0.15, -0.1) is 0 Å². The highest BCUT2D eigenvalue weighted by atomic mass is 79.9. The quantitative estimate of drug-likeness (QED) is 0.714. The molecule has 0 saturated carbocycles. The predicted molar refractivity (Wildman–Crippen MR) is 105 cm³/mol. The highest BCUT2D eigenvalue weighted by Gasteiger charge is 2.09. The average molecular weight is 423 g/mol. The number of hydrogen-bond acceptors (Lipinski definition) is 3. The fraction of sp³-hybridized carbons (Fsp3) is 0.167. The molecule has 2 N–H and O–H groups in total. The van der Waals surface area contributed by atoms with Crippen molar-refractivity contribution in [3.63, 3.8) is 0 Å². The van der Waals surface area contributed by atoms with Crippen molar-refractivity contribution >= 4 is 43.6 Å². The zero-order valence-electron chi connectivity index (χ0n) is 13.7. The molecule has 0 bridgehead atoms. The van der Waals surface area contributed by atoms with Gasteiger partial charge in [-0.1, -0.05) is 36.4 Å². The Labute approximate surface area is 156 Å². The third-order valence-electron chi connectivity index (χ3n) is 3.29. The minimum absolute atomic E-state index is 0.0246. The molecule has 0 unspecified atom stereocenters. The lowest BCUT2D eigenvalue weighted by Crippen LogP contribution is -2.26. The summed E-state index contributed by atoms with van der Waals surface area (Å²) < 4.78 is 27.0. The SMILES string of the molecule is Cc1ccc(NC(=O)CCNS(=O)(=O)C=Cc2ccccc2)c(Br)c1. The van der Waals surface area contributed by atoms with Crippen LogP contribution in [0.2, 0.25) is 0 Å². The number of anilines is 1. The highest BCUT2D eigenvalue weighted by Crippen LogP contribution is 2.23. The van der Waals surface area contributed by atoms with Crippen molar-refractivity contribution in [1.82, 2.24) is 4.72 Å². The molecule has 25 heavy (non-hydrogen) atoms. The van der Waals surface area contributed by atoms with Crippen molar-refractivity contribution in [2.75, 3.05) is 11.9 Å². The Morgan fingerprint density at radius 3 is 2.56 bits per heavy atom. The van der Waals surface area contributed by atoms with Crippen LogP contribution in [0.5, 0.6) is 0 Å². The van der Waals surface area contributed by atoms with Crippen LogP contribution in [-0.4, -0.2) is 20.9 Å². The van der Waals surface area contributed by atoms with Gasteiger partial charge in [-0.25, -0.2) is 13.1 Å². The number of sulfonamides is 1. The molecule has 0 aliphatic carbocycles. The van der Waals surface area contributed by atoms with Gasteiger partial charge in [0.15, 0.2) is 0 Å². The Hall–Kier alpha value is -1.96. The third-order valence-corrected chi connectivity index (χ3v) is 5.05. The maximum absolute atomic E-state index is 11.9. The van der Waals surface area contributed by atoms with Gasteiger partial charge in [-0.05, 0) is 52.2 Å². The molecule has 0 aromatic heterocycles. The molecule has 1 amide bonds. The Kier molecular flexibility index (Phi) is 6.92. The second-order valence-electron chi connectivity index (χ2n) is 5.43. The normalized spacial score (nSPS) is 11.6. The summed E-state index contributed by atoms with van der Waals surface area (Å²) in [7, 11) is -3.58. The van der Waals surface area contributed by atoms with Gasteiger partial charge in [0.05, 0.1) is 5.69 Å². The molecule has 0 aliphatic heterocycles. The fourth-order valence-corrected chi connectivity index (χ4v) is 3.43. The molecule has 2 aromatic rings. The molecule has 132 valence electrons. The van der Waals surface area contributed by atoms with Crippen LogP contribution in [0.3, 0.4) is 0 Å². The maximum atomic E-state index is 11.9. The first-order chi connectivity index (χ1) is 11.9. The van der Waals surface area contributed by atoms with Crippen molar-refractivity contribution < 1.29 is 13.2 Å². The summed E-state index contributed by atoms with van der Waals surface area (Å²) in [4.78, 5) is 11.9. The molecule has 0 spiro atoms. The first-order valence-electron chi connectivity index (χ1n) is 7.64. The first-order valence-corrected chi connectivity index (χ1v) is 9.98. The number of benzene rings is 2. The largest absolute Gasteiger partial charge is 0.325 e. The van der Waals surface area contributed by atoms with Gasteiger partial charge in [0, 0.05) is 22.8 Å². The molecule has 0 atom stereocenters. The Bertz CT molecular complexity index is 865. The zero-order valence-corrected chi connectivity index (χ0v) is 16.1. The van der Waals surface area contributed by atoms with E-state index in [9.17, 15) is 13.2 Å². The van der Waals surface area contributed by atoms with Crippen molar-refractivity contribution in [3.8, 4) is 0 Å². The number of carbonyl (C=O) groups is 1. The molecule has 0 radical (unpaired) electrons. The van der Waals surface area contributed by atoms with E-state index in [-0.39, 0.29) is 18.9 Å². The minimum atomic E-state index is -3.58. The molecule has 0 heterocycles. The lowest BCUT2D eigenvalue weighted by Gasteiger charge is -2.08.